The van der Waals surface area contributed by atoms with Gasteiger partial charge in [-0.2, -0.15) is 13.2 Å². The standard InChI is InChI=1S/C34H27F3N4O5S2/c1-18(2)45-31(43)28-19(3)38-33-41(29(28)21-11-8-12-22(15-21)44-4)30(42)25(47-33)16-23-13-14-27(46-23)48-32-39-24(20-9-6-5-7-10-20)17-26(40-32)34(35,36)37/h5-18,29H,1-4H3/b25-16-/t29-/m0/s1. The Hall–Kier alpha value is -4.95. The van der Waals surface area contributed by atoms with Crippen molar-refractivity contribution in [2.45, 2.75) is 49.3 Å². The third kappa shape index (κ3) is 6.85. The first-order valence-electron chi connectivity index (χ1n) is 14.6. The number of alkyl halides is 3. The highest BCUT2D eigenvalue weighted by Crippen LogP contribution is 2.35. The summed E-state index contributed by atoms with van der Waals surface area (Å²) in [6.07, 6.45) is -3.56. The summed E-state index contributed by atoms with van der Waals surface area (Å²) in [6.45, 7) is 5.16. The number of ether oxygens (including phenoxy) is 2. The summed E-state index contributed by atoms with van der Waals surface area (Å²) in [5, 5.41) is 0.0645. The fourth-order valence-corrected chi connectivity index (χ4v) is 6.81. The normalized spacial score (nSPS) is 15.0. The number of thiazole rings is 1. The van der Waals surface area contributed by atoms with Gasteiger partial charge in [-0.05, 0) is 68.4 Å². The number of benzene rings is 2. The van der Waals surface area contributed by atoms with Gasteiger partial charge in [-0.3, -0.25) is 9.36 Å². The number of halogens is 3. The average molecular weight is 693 g/mol. The number of carbonyl (C=O) groups excluding carboxylic acids is 1. The Balaban J connectivity index is 1.38. The van der Waals surface area contributed by atoms with Gasteiger partial charge in [0.2, 0.25) is 0 Å². The molecule has 6 rings (SSSR count). The van der Waals surface area contributed by atoms with Crippen LogP contribution >= 0.6 is 23.1 Å². The molecule has 0 fully saturated rings. The molecule has 0 bridgehead atoms. The zero-order valence-electron chi connectivity index (χ0n) is 25.9. The lowest BCUT2D eigenvalue weighted by Crippen LogP contribution is -2.40. The van der Waals surface area contributed by atoms with Gasteiger partial charge in [0.1, 0.15) is 17.2 Å². The number of allylic oxidation sites excluding steroid dienone is 1. The van der Waals surface area contributed by atoms with Gasteiger partial charge in [0, 0.05) is 11.6 Å². The summed E-state index contributed by atoms with van der Waals surface area (Å²) in [5.74, 6) is 0.224. The molecule has 3 aromatic heterocycles. The molecule has 1 aliphatic heterocycles. The monoisotopic (exact) mass is 692 g/mol. The number of hydrogen-bond donors (Lipinski definition) is 0. The molecule has 1 atom stereocenters. The second-order valence-electron chi connectivity index (χ2n) is 10.9. The van der Waals surface area contributed by atoms with Crippen molar-refractivity contribution in [1.29, 1.82) is 0 Å². The number of methoxy groups -OCH3 is 1. The molecular formula is C34H27F3N4O5S2. The van der Waals surface area contributed by atoms with E-state index in [1.165, 1.54) is 17.8 Å². The zero-order valence-corrected chi connectivity index (χ0v) is 27.6. The van der Waals surface area contributed by atoms with Crippen molar-refractivity contribution >= 4 is 35.1 Å². The molecule has 0 saturated carbocycles. The Labute approximate surface area is 280 Å². The minimum Gasteiger partial charge on any atom is -0.497 e. The van der Waals surface area contributed by atoms with Crippen LogP contribution < -0.4 is 19.6 Å². The maximum absolute atomic E-state index is 14.0. The van der Waals surface area contributed by atoms with Gasteiger partial charge in [-0.25, -0.2) is 19.8 Å². The minimum absolute atomic E-state index is 0.117. The molecule has 2 aromatic carbocycles. The molecule has 0 radical (unpaired) electrons. The van der Waals surface area contributed by atoms with E-state index in [9.17, 15) is 22.8 Å². The average Bonchev–Trinajstić information content (AvgIpc) is 3.62. The van der Waals surface area contributed by atoms with Gasteiger partial charge in [-0.15, -0.1) is 0 Å². The number of fused-ring (bicyclic) bond motifs is 1. The highest BCUT2D eigenvalue weighted by atomic mass is 32.2. The molecule has 0 saturated heterocycles. The van der Waals surface area contributed by atoms with Crippen LogP contribution in [0.4, 0.5) is 13.2 Å². The third-order valence-electron chi connectivity index (χ3n) is 7.13. The van der Waals surface area contributed by atoms with Crippen LogP contribution in [0.25, 0.3) is 17.3 Å². The van der Waals surface area contributed by atoms with Crippen LogP contribution in [0.3, 0.4) is 0 Å². The molecular weight excluding hydrogens is 666 g/mol. The van der Waals surface area contributed by atoms with Gasteiger partial charge >= 0.3 is 12.1 Å². The van der Waals surface area contributed by atoms with Crippen molar-refractivity contribution in [2.75, 3.05) is 7.11 Å². The predicted octanol–water partition coefficient (Wildman–Crippen LogP) is 6.42. The van der Waals surface area contributed by atoms with E-state index in [-0.39, 0.29) is 31.8 Å². The van der Waals surface area contributed by atoms with Gasteiger partial charge in [0.15, 0.2) is 15.1 Å². The largest absolute Gasteiger partial charge is 0.497 e. The van der Waals surface area contributed by atoms with Crippen LogP contribution in [0.15, 0.2) is 109 Å². The lowest BCUT2D eigenvalue weighted by Gasteiger charge is -2.25. The first kappa shape index (κ1) is 33.0. The summed E-state index contributed by atoms with van der Waals surface area (Å²) in [7, 11) is 1.52. The number of esters is 1. The van der Waals surface area contributed by atoms with E-state index in [2.05, 4.69) is 15.0 Å². The lowest BCUT2D eigenvalue weighted by molar-refractivity contribution is -0.143. The van der Waals surface area contributed by atoms with Gasteiger partial charge < -0.3 is 13.9 Å². The molecule has 246 valence electrons. The molecule has 0 amide bonds. The number of furan rings is 1. The molecule has 0 spiro atoms. The highest BCUT2D eigenvalue weighted by Gasteiger charge is 2.35. The number of hydrogen-bond acceptors (Lipinski definition) is 10. The molecule has 0 N–H and O–H groups in total. The van der Waals surface area contributed by atoms with Gasteiger partial charge in [0.25, 0.3) is 5.56 Å². The van der Waals surface area contributed by atoms with Crippen molar-refractivity contribution < 1.29 is 31.9 Å². The lowest BCUT2D eigenvalue weighted by atomic mass is 9.95. The van der Waals surface area contributed by atoms with Gasteiger partial charge in [-0.1, -0.05) is 53.8 Å². The maximum atomic E-state index is 14.0. The Morgan fingerprint density at radius 3 is 2.54 bits per heavy atom. The molecule has 0 aliphatic carbocycles. The van der Waals surface area contributed by atoms with E-state index < -0.39 is 35.5 Å². The van der Waals surface area contributed by atoms with Crippen molar-refractivity contribution in [3.8, 4) is 17.0 Å². The molecule has 48 heavy (non-hydrogen) atoms. The Kier molecular flexibility index (Phi) is 9.12. The van der Waals surface area contributed by atoms with E-state index in [1.807, 2.05) is 0 Å². The number of aromatic nitrogens is 3. The van der Waals surface area contributed by atoms with E-state index in [0.717, 1.165) is 29.2 Å². The van der Waals surface area contributed by atoms with Crippen LogP contribution in [0.1, 0.15) is 43.8 Å². The molecule has 14 heteroatoms. The molecule has 4 heterocycles. The topological polar surface area (TPSA) is 109 Å². The van der Waals surface area contributed by atoms with Crippen molar-refractivity contribution in [3.05, 3.63) is 121 Å². The summed E-state index contributed by atoms with van der Waals surface area (Å²) >= 11 is 1.93. The van der Waals surface area contributed by atoms with Crippen molar-refractivity contribution in [2.24, 2.45) is 4.99 Å². The van der Waals surface area contributed by atoms with Crippen molar-refractivity contribution in [1.82, 2.24) is 14.5 Å². The van der Waals surface area contributed by atoms with E-state index in [0.29, 0.717) is 27.4 Å². The first-order chi connectivity index (χ1) is 22.9. The second kappa shape index (κ2) is 13.3. The van der Waals surface area contributed by atoms with Gasteiger partial charge in [0.05, 0.1) is 40.8 Å². The molecule has 0 unspecified atom stereocenters. The number of rotatable bonds is 8. The molecule has 9 nitrogen and oxygen atoms in total. The summed E-state index contributed by atoms with van der Waals surface area (Å²) in [6, 6.07) is 18.8. The second-order valence-corrected chi connectivity index (χ2v) is 12.8. The smallest absolute Gasteiger partial charge is 0.433 e. The van der Waals surface area contributed by atoms with Crippen LogP contribution in [0.5, 0.6) is 5.75 Å². The van der Waals surface area contributed by atoms with E-state index in [4.69, 9.17) is 13.9 Å². The van der Waals surface area contributed by atoms with Crippen LogP contribution in [0, 0.1) is 0 Å². The fourth-order valence-electron chi connectivity index (χ4n) is 5.05. The zero-order chi connectivity index (χ0) is 34.2. The Bertz CT molecular complexity index is 2220. The molecule has 1 aliphatic rings. The van der Waals surface area contributed by atoms with Crippen molar-refractivity contribution in [3.63, 3.8) is 0 Å². The van der Waals surface area contributed by atoms with Crippen LogP contribution in [0.2, 0.25) is 0 Å². The minimum atomic E-state index is -4.68. The maximum Gasteiger partial charge on any atom is 0.433 e. The van der Waals surface area contributed by atoms with E-state index in [1.54, 1.807) is 87.5 Å². The first-order valence-corrected chi connectivity index (χ1v) is 16.2. The summed E-state index contributed by atoms with van der Waals surface area (Å²) in [4.78, 5) is 40.3. The Morgan fingerprint density at radius 1 is 1.06 bits per heavy atom. The highest BCUT2D eigenvalue weighted by molar-refractivity contribution is 7.99. The van der Waals surface area contributed by atoms with Crippen LogP contribution in [-0.4, -0.2) is 33.7 Å². The fraction of sp³-hybridized carbons (Fsp3) is 0.206. The van der Waals surface area contributed by atoms with Crippen LogP contribution in [-0.2, 0) is 15.7 Å². The number of nitrogens with zero attached hydrogens (tertiary/aromatic N) is 4. The number of carbonyl (C=O) groups is 1. The Morgan fingerprint density at radius 2 is 1.83 bits per heavy atom. The summed E-state index contributed by atoms with van der Waals surface area (Å²) < 4.78 is 59.7. The van der Waals surface area contributed by atoms with E-state index >= 15 is 0 Å². The summed E-state index contributed by atoms with van der Waals surface area (Å²) in [5.41, 5.74) is 0.381. The SMILES string of the molecule is COc1cccc([C@H]2C(C(=O)OC(C)C)=C(C)N=c3s/c(=C\c4ccc(Sc5nc(-c6ccccc6)cc(C(F)(F)F)n5)o4)c(=O)n32)c1. The quantitative estimate of drug-likeness (QED) is 0.136. The third-order valence-corrected chi connectivity index (χ3v) is 8.90. The molecule has 5 aromatic rings. The predicted molar refractivity (Wildman–Crippen MR) is 173 cm³/mol.